The first-order valence-electron chi connectivity index (χ1n) is 8.46. The molecule has 0 aromatic carbocycles. The number of rotatable bonds is 3. The minimum atomic E-state index is 0.292. The maximum atomic E-state index is 9.27. The first-order chi connectivity index (χ1) is 12.8. The van der Waals surface area contributed by atoms with Crippen molar-refractivity contribution in [1.29, 1.82) is 5.26 Å². The molecule has 8 nitrogen and oxygen atoms in total. The highest BCUT2D eigenvalue weighted by atomic mass is 35.5. The molecule has 136 valence electrons. The molecule has 0 bridgehead atoms. The summed E-state index contributed by atoms with van der Waals surface area (Å²) in [4.78, 5) is 15.5. The number of nitriles is 1. The van der Waals surface area contributed by atoms with E-state index in [1.54, 1.807) is 6.33 Å². The Morgan fingerprint density at radius 3 is 2.27 bits per heavy atom. The molecular formula is C16H18ClN7OS. The zero-order chi connectivity index (χ0) is 17.9. The van der Waals surface area contributed by atoms with Gasteiger partial charge in [-0.15, -0.1) is 0 Å². The molecule has 10 heteroatoms. The molecule has 0 amide bonds. The molecule has 4 heterocycles. The highest BCUT2D eigenvalue weighted by Gasteiger charge is 2.24. The quantitative estimate of drug-likeness (QED) is 0.780. The van der Waals surface area contributed by atoms with Crippen LogP contribution in [-0.4, -0.2) is 66.8 Å². The van der Waals surface area contributed by atoms with E-state index in [-0.39, 0.29) is 0 Å². The van der Waals surface area contributed by atoms with Crippen LogP contribution in [0.15, 0.2) is 12.4 Å². The van der Waals surface area contributed by atoms with Gasteiger partial charge < -0.3 is 19.4 Å². The van der Waals surface area contributed by atoms with Gasteiger partial charge in [-0.25, -0.2) is 9.97 Å². The third kappa shape index (κ3) is 3.40. The fourth-order valence-corrected chi connectivity index (χ4v) is 4.27. The minimum absolute atomic E-state index is 0.292. The maximum Gasteiger partial charge on any atom is 0.162 e. The number of anilines is 3. The molecule has 0 atom stereocenters. The van der Waals surface area contributed by atoms with Crippen LogP contribution < -0.4 is 14.7 Å². The van der Waals surface area contributed by atoms with Gasteiger partial charge in [-0.2, -0.15) is 9.64 Å². The average Bonchev–Trinajstić information content (AvgIpc) is 3.09. The molecule has 2 saturated heterocycles. The Hall–Kier alpha value is -2.15. The van der Waals surface area contributed by atoms with E-state index in [1.807, 2.05) is 6.07 Å². The summed E-state index contributed by atoms with van der Waals surface area (Å²) in [7, 11) is 0. The van der Waals surface area contributed by atoms with Crippen molar-refractivity contribution in [3.63, 3.8) is 0 Å². The number of halogens is 1. The highest BCUT2D eigenvalue weighted by molar-refractivity contribution is 7.10. The van der Waals surface area contributed by atoms with Gasteiger partial charge in [0.05, 0.1) is 13.2 Å². The topological polar surface area (TPSA) is 81.4 Å². The summed E-state index contributed by atoms with van der Waals surface area (Å²) in [5.41, 5.74) is 0.474. The SMILES string of the molecule is N#Cc1c(Cl)nsc1N1CCN(c2cc(N3CCOCC3)ncn2)CC1. The van der Waals surface area contributed by atoms with Gasteiger partial charge in [-0.3, -0.25) is 0 Å². The standard InChI is InChI=1S/C16H18ClN7OS/c17-15-12(10-18)16(26-21-15)24-3-1-22(2-4-24)13-9-14(20-11-19-13)23-5-7-25-8-6-23/h9,11H,1-8H2. The fourth-order valence-electron chi connectivity index (χ4n) is 3.19. The van der Waals surface area contributed by atoms with E-state index in [4.69, 9.17) is 16.3 Å². The predicted octanol–water partition coefficient (Wildman–Crippen LogP) is 1.62. The van der Waals surface area contributed by atoms with Gasteiger partial charge in [0.2, 0.25) is 0 Å². The summed E-state index contributed by atoms with van der Waals surface area (Å²) in [6.07, 6.45) is 1.63. The number of piperazine rings is 1. The normalized spacial score (nSPS) is 18.1. The predicted molar refractivity (Wildman–Crippen MR) is 101 cm³/mol. The maximum absolute atomic E-state index is 9.27. The molecular weight excluding hydrogens is 374 g/mol. The van der Waals surface area contributed by atoms with Crippen molar-refractivity contribution in [3.8, 4) is 6.07 Å². The van der Waals surface area contributed by atoms with Crippen LogP contribution in [0.25, 0.3) is 0 Å². The van der Waals surface area contributed by atoms with E-state index in [0.29, 0.717) is 10.7 Å². The summed E-state index contributed by atoms with van der Waals surface area (Å²) in [6.45, 7) is 6.40. The first-order valence-corrected chi connectivity index (χ1v) is 9.61. The van der Waals surface area contributed by atoms with Crippen molar-refractivity contribution in [2.24, 2.45) is 0 Å². The zero-order valence-electron chi connectivity index (χ0n) is 14.1. The second kappa shape index (κ2) is 7.61. The summed E-state index contributed by atoms with van der Waals surface area (Å²) < 4.78 is 9.50. The first kappa shape index (κ1) is 17.3. The monoisotopic (exact) mass is 391 g/mol. The number of aromatic nitrogens is 3. The molecule has 2 aliphatic heterocycles. The largest absolute Gasteiger partial charge is 0.378 e. The van der Waals surface area contributed by atoms with E-state index >= 15 is 0 Å². The van der Waals surface area contributed by atoms with Gasteiger partial charge in [0, 0.05) is 45.3 Å². The molecule has 0 spiro atoms. The van der Waals surface area contributed by atoms with Crippen LogP contribution in [0.1, 0.15) is 5.56 Å². The van der Waals surface area contributed by atoms with Gasteiger partial charge in [0.1, 0.15) is 34.6 Å². The Balaban J connectivity index is 1.44. The summed E-state index contributed by atoms with van der Waals surface area (Å²) in [6, 6.07) is 4.20. The number of ether oxygens (including phenoxy) is 1. The van der Waals surface area contributed by atoms with Gasteiger partial charge in [0.25, 0.3) is 0 Å². The smallest absolute Gasteiger partial charge is 0.162 e. The lowest BCUT2D eigenvalue weighted by atomic mass is 10.2. The van der Waals surface area contributed by atoms with E-state index in [1.165, 1.54) is 11.5 Å². The van der Waals surface area contributed by atoms with Crippen molar-refractivity contribution >= 4 is 39.8 Å². The van der Waals surface area contributed by atoms with E-state index in [2.05, 4.69) is 35.1 Å². The molecule has 2 aliphatic rings. The molecule has 2 aromatic rings. The second-order valence-electron chi connectivity index (χ2n) is 6.07. The van der Waals surface area contributed by atoms with Crippen molar-refractivity contribution < 1.29 is 4.74 Å². The molecule has 0 aliphatic carbocycles. The molecule has 0 N–H and O–H groups in total. The molecule has 26 heavy (non-hydrogen) atoms. The second-order valence-corrected chi connectivity index (χ2v) is 7.18. The van der Waals surface area contributed by atoms with Crippen molar-refractivity contribution in [3.05, 3.63) is 23.1 Å². The van der Waals surface area contributed by atoms with Gasteiger partial charge in [0.15, 0.2) is 5.15 Å². The van der Waals surface area contributed by atoms with Crippen LogP contribution in [0.4, 0.5) is 16.6 Å². The molecule has 0 saturated carbocycles. The van der Waals surface area contributed by atoms with Crippen molar-refractivity contribution in [2.45, 2.75) is 0 Å². The molecule has 4 rings (SSSR count). The van der Waals surface area contributed by atoms with E-state index in [0.717, 1.165) is 69.1 Å². The number of morpholine rings is 1. The number of hydrogen-bond donors (Lipinski definition) is 0. The van der Waals surface area contributed by atoms with Crippen LogP contribution in [0.5, 0.6) is 0 Å². The summed E-state index contributed by atoms with van der Waals surface area (Å²) in [5, 5.41) is 10.4. The molecule has 0 radical (unpaired) electrons. The van der Waals surface area contributed by atoms with Gasteiger partial charge in [-0.1, -0.05) is 11.6 Å². The molecule has 2 aromatic heterocycles. The van der Waals surface area contributed by atoms with Crippen LogP contribution >= 0.6 is 23.1 Å². The molecule has 0 unspecified atom stereocenters. The average molecular weight is 392 g/mol. The Morgan fingerprint density at radius 2 is 1.62 bits per heavy atom. The zero-order valence-corrected chi connectivity index (χ0v) is 15.7. The third-order valence-corrected chi connectivity index (χ3v) is 5.89. The minimum Gasteiger partial charge on any atom is -0.378 e. The number of nitrogens with zero attached hydrogens (tertiary/aromatic N) is 7. The van der Waals surface area contributed by atoms with Crippen LogP contribution in [-0.2, 0) is 4.74 Å². The third-order valence-electron chi connectivity index (χ3n) is 4.61. The van der Waals surface area contributed by atoms with E-state index in [9.17, 15) is 5.26 Å². The lowest BCUT2D eigenvalue weighted by molar-refractivity contribution is 0.122. The summed E-state index contributed by atoms with van der Waals surface area (Å²) >= 11 is 7.27. The van der Waals surface area contributed by atoms with Crippen LogP contribution in [0, 0.1) is 11.3 Å². The lowest BCUT2D eigenvalue weighted by Crippen LogP contribution is -2.47. The van der Waals surface area contributed by atoms with Crippen molar-refractivity contribution in [1.82, 2.24) is 14.3 Å². The Labute approximate surface area is 160 Å². The van der Waals surface area contributed by atoms with Crippen molar-refractivity contribution in [2.75, 3.05) is 67.2 Å². The Kier molecular flexibility index (Phi) is 5.06. The van der Waals surface area contributed by atoms with Gasteiger partial charge in [-0.05, 0) is 11.5 Å². The lowest BCUT2D eigenvalue weighted by Gasteiger charge is -2.36. The van der Waals surface area contributed by atoms with Crippen LogP contribution in [0.2, 0.25) is 5.15 Å². The fraction of sp³-hybridized carbons (Fsp3) is 0.500. The van der Waals surface area contributed by atoms with Gasteiger partial charge >= 0.3 is 0 Å². The summed E-state index contributed by atoms with van der Waals surface area (Å²) in [5.74, 6) is 1.88. The number of hydrogen-bond acceptors (Lipinski definition) is 9. The van der Waals surface area contributed by atoms with E-state index < -0.39 is 0 Å². The molecule has 2 fully saturated rings. The van der Waals surface area contributed by atoms with Crippen LogP contribution in [0.3, 0.4) is 0 Å². The Bertz CT molecular complexity index is 809. The Morgan fingerprint density at radius 1 is 1.00 bits per heavy atom. The highest BCUT2D eigenvalue weighted by Crippen LogP contribution is 2.32.